The third-order valence-electron chi connectivity index (χ3n) is 3.45. The van der Waals surface area contributed by atoms with Crippen molar-refractivity contribution in [2.24, 2.45) is 5.10 Å². The topological polar surface area (TPSA) is 89.0 Å². The van der Waals surface area contributed by atoms with E-state index in [9.17, 15) is 9.59 Å². The van der Waals surface area contributed by atoms with Crippen molar-refractivity contribution in [1.82, 2.24) is 10.7 Å². The van der Waals surface area contributed by atoms with Gasteiger partial charge in [-0.3, -0.25) is 9.59 Å². The fourth-order valence-electron chi connectivity index (χ4n) is 2.16. The average Bonchev–Trinajstić information content (AvgIpc) is 3.18. The molecule has 0 bridgehead atoms. The highest BCUT2D eigenvalue weighted by molar-refractivity contribution is 7.12. The number of hydrogen-bond acceptors (Lipinski definition) is 6. The maximum Gasteiger partial charge on any atom is 0.265 e. The summed E-state index contributed by atoms with van der Waals surface area (Å²) in [6, 6.07) is 10.9. The molecule has 1 aliphatic heterocycles. The molecule has 2 heterocycles. The lowest BCUT2D eigenvalue weighted by atomic mass is 10.2. The summed E-state index contributed by atoms with van der Waals surface area (Å²) < 4.78 is 11.1. The largest absolute Gasteiger partial charge is 0.485 e. The summed E-state index contributed by atoms with van der Waals surface area (Å²) in [6.45, 7) is 1.71. The van der Waals surface area contributed by atoms with Gasteiger partial charge in [0.2, 0.25) is 6.10 Å². The second kappa shape index (κ2) is 7.80. The van der Waals surface area contributed by atoms with Gasteiger partial charge in [0, 0.05) is 4.88 Å². The number of nitrogens with zero attached hydrogens (tertiary/aromatic N) is 1. The van der Waals surface area contributed by atoms with Gasteiger partial charge in [-0.05, 0) is 30.5 Å². The highest BCUT2D eigenvalue weighted by Crippen LogP contribution is 2.30. The van der Waals surface area contributed by atoms with E-state index in [2.05, 4.69) is 15.8 Å². The van der Waals surface area contributed by atoms with Crippen LogP contribution in [-0.2, 0) is 9.59 Å². The van der Waals surface area contributed by atoms with Crippen molar-refractivity contribution in [3.05, 3.63) is 46.7 Å². The molecule has 1 unspecified atom stereocenters. The zero-order valence-corrected chi connectivity index (χ0v) is 14.3. The molecule has 1 aromatic heterocycles. The standard InChI is InChI=1S/C17H17N3O4S/c1-11(15-7-4-8-25-15)19-20-16(21)9-18-17(22)14-10-23-12-5-2-3-6-13(12)24-14/h2-8,14H,9-10H2,1H3,(H,18,22)(H,20,21). The third kappa shape index (κ3) is 4.36. The highest BCUT2D eigenvalue weighted by Gasteiger charge is 2.27. The number of amides is 2. The molecule has 130 valence electrons. The molecular weight excluding hydrogens is 342 g/mol. The van der Waals surface area contributed by atoms with Crippen LogP contribution in [0.5, 0.6) is 11.5 Å². The predicted octanol–water partition coefficient (Wildman–Crippen LogP) is 1.54. The Morgan fingerprint density at radius 2 is 2.04 bits per heavy atom. The predicted molar refractivity (Wildman–Crippen MR) is 94.0 cm³/mol. The summed E-state index contributed by atoms with van der Waals surface area (Å²) in [5, 5.41) is 8.46. The van der Waals surface area contributed by atoms with Crippen molar-refractivity contribution in [3.8, 4) is 11.5 Å². The molecule has 0 saturated carbocycles. The molecule has 2 amide bonds. The fourth-order valence-corrected chi connectivity index (χ4v) is 2.83. The van der Waals surface area contributed by atoms with Gasteiger partial charge < -0.3 is 14.8 Å². The third-order valence-corrected chi connectivity index (χ3v) is 4.43. The van der Waals surface area contributed by atoms with E-state index in [4.69, 9.17) is 9.47 Å². The van der Waals surface area contributed by atoms with Gasteiger partial charge in [0.05, 0.1) is 12.3 Å². The number of benzene rings is 1. The first kappa shape index (κ1) is 17.0. The van der Waals surface area contributed by atoms with Crippen LogP contribution in [0, 0.1) is 0 Å². The fraction of sp³-hybridized carbons (Fsp3) is 0.235. The van der Waals surface area contributed by atoms with Crippen LogP contribution in [0.2, 0.25) is 0 Å². The number of fused-ring (bicyclic) bond motifs is 1. The first-order chi connectivity index (χ1) is 12.1. The molecule has 8 heteroatoms. The number of hydrogen-bond donors (Lipinski definition) is 2. The first-order valence-electron chi connectivity index (χ1n) is 7.66. The average molecular weight is 359 g/mol. The van der Waals surface area contributed by atoms with Gasteiger partial charge in [-0.25, -0.2) is 5.43 Å². The Morgan fingerprint density at radius 3 is 2.80 bits per heavy atom. The Kier molecular flexibility index (Phi) is 5.30. The highest BCUT2D eigenvalue weighted by atomic mass is 32.1. The lowest BCUT2D eigenvalue weighted by molar-refractivity contribution is -0.132. The Labute approximate surface area is 148 Å². The molecule has 1 aliphatic rings. The van der Waals surface area contributed by atoms with Gasteiger partial charge >= 0.3 is 0 Å². The Bertz CT molecular complexity index is 789. The molecule has 0 fully saturated rings. The Balaban J connectivity index is 1.46. The van der Waals surface area contributed by atoms with Crippen LogP contribution in [0.15, 0.2) is 46.9 Å². The molecule has 1 aromatic carbocycles. The van der Waals surface area contributed by atoms with E-state index in [1.54, 1.807) is 25.1 Å². The quantitative estimate of drug-likeness (QED) is 0.626. The van der Waals surface area contributed by atoms with Gasteiger partial charge in [-0.2, -0.15) is 5.10 Å². The van der Waals surface area contributed by atoms with E-state index < -0.39 is 17.9 Å². The Hall–Kier alpha value is -2.87. The van der Waals surface area contributed by atoms with Crippen LogP contribution in [0.4, 0.5) is 0 Å². The van der Waals surface area contributed by atoms with Gasteiger partial charge in [-0.1, -0.05) is 18.2 Å². The molecule has 25 heavy (non-hydrogen) atoms. The van der Waals surface area contributed by atoms with Crippen LogP contribution < -0.4 is 20.2 Å². The summed E-state index contributed by atoms with van der Waals surface area (Å²) in [4.78, 5) is 24.9. The van der Waals surface area contributed by atoms with Crippen LogP contribution >= 0.6 is 11.3 Å². The molecule has 0 saturated heterocycles. The molecule has 2 aromatic rings. The number of ether oxygens (including phenoxy) is 2. The molecule has 0 radical (unpaired) electrons. The number of hydrazone groups is 1. The monoisotopic (exact) mass is 359 g/mol. The minimum atomic E-state index is -0.793. The number of nitrogens with one attached hydrogen (secondary N) is 2. The number of carbonyl (C=O) groups excluding carboxylic acids is 2. The van der Waals surface area contributed by atoms with Gasteiger partial charge in [0.25, 0.3) is 11.8 Å². The molecular formula is C17H17N3O4S. The van der Waals surface area contributed by atoms with E-state index >= 15 is 0 Å². The summed E-state index contributed by atoms with van der Waals surface area (Å²) in [6.07, 6.45) is -0.793. The van der Waals surface area contributed by atoms with Crippen LogP contribution in [0.25, 0.3) is 0 Å². The van der Waals surface area contributed by atoms with E-state index in [0.29, 0.717) is 17.2 Å². The lowest BCUT2D eigenvalue weighted by Crippen LogP contribution is -2.46. The summed E-state index contributed by atoms with van der Waals surface area (Å²) in [5.74, 6) is 0.280. The zero-order valence-electron chi connectivity index (χ0n) is 13.5. The van der Waals surface area contributed by atoms with Gasteiger partial charge in [0.15, 0.2) is 11.5 Å². The normalized spacial score (nSPS) is 16.2. The van der Waals surface area contributed by atoms with Crippen molar-refractivity contribution in [2.45, 2.75) is 13.0 Å². The summed E-state index contributed by atoms with van der Waals surface area (Å²) >= 11 is 1.53. The van der Waals surface area contributed by atoms with Crippen molar-refractivity contribution < 1.29 is 19.1 Å². The minimum absolute atomic E-state index is 0.0973. The van der Waals surface area contributed by atoms with Gasteiger partial charge in [0.1, 0.15) is 6.61 Å². The molecule has 2 N–H and O–H groups in total. The maximum atomic E-state index is 12.1. The summed E-state index contributed by atoms with van der Waals surface area (Å²) in [5.41, 5.74) is 3.12. The van der Waals surface area contributed by atoms with Crippen LogP contribution in [-0.4, -0.2) is 36.8 Å². The molecule has 3 rings (SSSR count). The Morgan fingerprint density at radius 1 is 1.24 bits per heavy atom. The summed E-state index contributed by atoms with van der Waals surface area (Å²) in [7, 11) is 0. The zero-order chi connectivity index (χ0) is 17.6. The first-order valence-corrected chi connectivity index (χ1v) is 8.54. The van der Waals surface area contributed by atoms with Crippen LogP contribution in [0.3, 0.4) is 0 Å². The van der Waals surface area contributed by atoms with Crippen molar-refractivity contribution >= 4 is 28.9 Å². The second-order valence-corrected chi connectivity index (χ2v) is 6.24. The number of carbonyl (C=O) groups is 2. The van der Waals surface area contributed by atoms with E-state index in [0.717, 1.165) is 4.88 Å². The van der Waals surface area contributed by atoms with Crippen molar-refractivity contribution in [1.29, 1.82) is 0 Å². The maximum absolute atomic E-state index is 12.1. The van der Waals surface area contributed by atoms with E-state index in [-0.39, 0.29) is 13.2 Å². The number of thiophene rings is 1. The molecule has 0 spiro atoms. The smallest absolute Gasteiger partial charge is 0.265 e. The SMILES string of the molecule is CC(=NNC(=O)CNC(=O)C1COc2ccccc2O1)c1cccs1. The number of rotatable bonds is 5. The molecule has 1 atom stereocenters. The minimum Gasteiger partial charge on any atom is -0.485 e. The number of para-hydroxylation sites is 2. The van der Waals surface area contributed by atoms with Crippen molar-refractivity contribution in [2.75, 3.05) is 13.2 Å². The van der Waals surface area contributed by atoms with Gasteiger partial charge in [-0.15, -0.1) is 11.3 Å². The van der Waals surface area contributed by atoms with E-state index in [1.165, 1.54) is 11.3 Å². The van der Waals surface area contributed by atoms with Crippen molar-refractivity contribution in [3.63, 3.8) is 0 Å². The van der Waals surface area contributed by atoms with Crippen LogP contribution in [0.1, 0.15) is 11.8 Å². The lowest BCUT2D eigenvalue weighted by Gasteiger charge is -2.25. The molecule has 0 aliphatic carbocycles. The second-order valence-electron chi connectivity index (χ2n) is 5.29. The molecule has 7 nitrogen and oxygen atoms in total. The van der Waals surface area contributed by atoms with E-state index in [1.807, 2.05) is 23.6 Å².